The maximum atomic E-state index is 13.0. The van der Waals surface area contributed by atoms with Crippen molar-refractivity contribution in [2.75, 3.05) is 0 Å². The average Bonchev–Trinajstić information content (AvgIpc) is 2.80. The Kier molecular flexibility index (Phi) is 5.70. The minimum absolute atomic E-state index is 0.0296. The van der Waals surface area contributed by atoms with Crippen LogP contribution >= 0.6 is 0 Å². The standard InChI is InChI=1S/C24H22N4O5/c1-3-12-28-17-11-7-5-9-15(17)21(30)19(24(28)33)23(32)27-26-13(2)18-20(29)14-8-4-6-10-16(14)25-22(18)31/h4-11,30H,3,12H2,1-2H3,(H,27,32)(H2,25,29,31)/b26-13+. The van der Waals surface area contributed by atoms with E-state index in [1.807, 2.05) is 6.92 Å². The number of rotatable bonds is 5. The molecule has 0 atom stereocenters. The molecule has 168 valence electrons. The van der Waals surface area contributed by atoms with Gasteiger partial charge < -0.3 is 19.8 Å². The van der Waals surface area contributed by atoms with Crippen molar-refractivity contribution in [1.82, 2.24) is 15.0 Å². The molecule has 0 spiro atoms. The molecule has 0 aliphatic rings. The van der Waals surface area contributed by atoms with Crippen LogP contribution in [0.2, 0.25) is 0 Å². The number of hydrogen-bond acceptors (Lipinski definition) is 6. The number of amides is 1. The lowest BCUT2D eigenvalue weighted by atomic mass is 10.1. The van der Waals surface area contributed by atoms with Crippen LogP contribution in [0.3, 0.4) is 0 Å². The van der Waals surface area contributed by atoms with Gasteiger partial charge in [-0.3, -0.25) is 14.4 Å². The van der Waals surface area contributed by atoms with Crippen molar-refractivity contribution in [2.24, 2.45) is 5.10 Å². The molecular weight excluding hydrogens is 424 g/mol. The number of H-pyrrole nitrogens is 1. The molecule has 0 saturated carbocycles. The maximum absolute atomic E-state index is 13.0. The largest absolute Gasteiger partial charge is 0.506 e. The van der Waals surface area contributed by atoms with E-state index >= 15 is 0 Å². The topological polar surface area (TPSA) is 137 Å². The summed E-state index contributed by atoms with van der Waals surface area (Å²) in [5, 5.41) is 25.9. The first kappa shape index (κ1) is 21.8. The summed E-state index contributed by atoms with van der Waals surface area (Å²) in [6.45, 7) is 3.70. The zero-order chi connectivity index (χ0) is 23.7. The van der Waals surface area contributed by atoms with Crippen molar-refractivity contribution in [2.45, 2.75) is 26.8 Å². The first-order valence-corrected chi connectivity index (χ1v) is 10.4. The highest BCUT2D eigenvalue weighted by Gasteiger charge is 2.22. The molecule has 4 aromatic rings. The number of para-hydroxylation sites is 2. The van der Waals surface area contributed by atoms with E-state index in [9.17, 15) is 24.6 Å². The third-order valence-electron chi connectivity index (χ3n) is 5.40. The molecule has 0 aliphatic heterocycles. The number of nitrogens with one attached hydrogen (secondary N) is 2. The van der Waals surface area contributed by atoms with Crippen LogP contribution in [0.15, 0.2) is 63.2 Å². The number of benzene rings is 2. The Bertz CT molecular complexity index is 1550. The van der Waals surface area contributed by atoms with Gasteiger partial charge in [-0.25, -0.2) is 5.43 Å². The second-order valence-corrected chi connectivity index (χ2v) is 7.56. The molecule has 4 N–H and O–H groups in total. The predicted molar refractivity (Wildman–Crippen MR) is 126 cm³/mol. The van der Waals surface area contributed by atoms with Gasteiger partial charge in [-0.05, 0) is 37.6 Å². The van der Waals surface area contributed by atoms with Gasteiger partial charge in [-0.2, -0.15) is 5.10 Å². The van der Waals surface area contributed by atoms with Crippen molar-refractivity contribution in [3.63, 3.8) is 0 Å². The third kappa shape index (κ3) is 3.73. The van der Waals surface area contributed by atoms with Gasteiger partial charge in [0, 0.05) is 17.3 Å². The molecule has 0 saturated heterocycles. The molecular formula is C24H22N4O5. The molecule has 33 heavy (non-hydrogen) atoms. The van der Waals surface area contributed by atoms with Gasteiger partial charge in [-0.15, -0.1) is 0 Å². The molecule has 1 amide bonds. The van der Waals surface area contributed by atoms with Crippen molar-refractivity contribution in [3.05, 3.63) is 80.4 Å². The Balaban J connectivity index is 1.76. The lowest BCUT2D eigenvalue weighted by molar-refractivity contribution is 0.0950. The summed E-state index contributed by atoms with van der Waals surface area (Å²) in [5.74, 6) is -1.65. The van der Waals surface area contributed by atoms with E-state index in [0.29, 0.717) is 34.8 Å². The zero-order valence-electron chi connectivity index (χ0n) is 18.0. The van der Waals surface area contributed by atoms with E-state index < -0.39 is 28.3 Å². The SMILES string of the molecule is CCCn1c(=O)c(C(=O)N/N=C(\C)c2c(O)c3ccccc3[nH]c2=O)c(O)c2ccccc21. The number of pyridine rings is 2. The Morgan fingerprint density at radius 3 is 2.36 bits per heavy atom. The first-order valence-electron chi connectivity index (χ1n) is 10.4. The quantitative estimate of drug-likeness (QED) is 0.276. The Hall–Kier alpha value is -4.40. The second-order valence-electron chi connectivity index (χ2n) is 7.56. The molecule has 0 bridgehead atoms. The molecule has 2 heterocycles. The summed E-state index contributed by atoms with van der Waals surface area (Å²) >= 11 is 0. The summed E-state index contributed by atoms with van der Waals surface area (Å²) in [6, 6.07) is 13.5. The van der Waals surface area contributed by atoms with Crippen LogP contribution in [0, 0.1) is 0 Å². The number of hydrazone groups is 1. The van der Waals surface area contributed by atoms with Gasteiger partial charge in [-0.1, -0.05) is 31.2 Å². The number of carbonyl (C=O) groups excluding carboxylic acids is 1. The van der Waals surface area contributed by atoms with Gasteiger partial charge in [0.05, 0.1) is 16.7 Å². The summed E-state index contributed by atoms with van der Waals surface area (Å²) < 4.78 is 1.43. The van der Waals surface area contributed by atoms with Crippen LogP contribution < -0.4 is 16.5 Å². The number of aryl methyl sites for hydroxylation is 1. The molecule has 4 rings (SSSR count). The molecule has 9 heteroatoms. The first-order chi connectivity index (χ1) is 15.8. The van der Waals surface area contributed by atoms with Crippen LogP contribution in [0.4, 0.5) is 0 Å². The number of aromatic amines is 1. The molecule has 2 aromatic heterocycles. The summed E-state index contributed by atoms with van der Waals surface area (Å²) in [5.41, 5.74) is 1.44. The minimum Gasteiger partial charge on any atom is -0.506 e. The second kappa shape index (κ2) is 8.62. The van der Waals surface area contributed by atoms with Crippen LogP contribution in [-0.4, -0.2) is 31.4 Å². The van der Waals surface area contributed by atoms with E-state index in [4.69, 9.17) is 0 Å². The smallest absolute Gasteiger partial charge is 0.280 e. The number of aromatic nitrogens is 2. The number of hydrogen-bond donors (Lipinski definition) is 4. The Morgan fingerprint density at radius 1 is 1.00 bits per heavy atom. The highest BCUT2D eigenvalue weighted by atomic mass is 16.3. The summed E-state index contributed by atoms with van der Waals surface area (Å²) in [4.78, 5) is 41.0. The van der Waals surface area contributed by atoms with Gasteiger partial charge in [0.25, 0.3) is 17.0 Å². The number of carbonyl (C=O) groups is 1. The van der Waals surface area contributed by atoms with Gasteiger partial charge in [0.1, 0.15) is 22.6 Å². The van der Waals surface area contributed by atoms with Crippen LogP contribution in [-0.2, 0) is 6.54 Å². The lowest BCUT2D eigenvalue weighted by Crippen LogP contribution is -2.32. The number of fused-ring (bicyclic) bond motifs is 2. The van der Waals surface area contributed by atoms with Crippen molar-refractivity contribution in [3.8, 4) is 11.5 Å². The zero-order valence-corrected chi connectivity index (χ0v) is 18.0. The monoisotopic (exact) mass is 446 g/mol. The van der Waals surface area contributed by atoms with Gasteiger partial charge in [0.15, 0.2) is 0 Å². The molecule has 0 fully saturated rings. The number of nitrogens with zero attached hydrogens (tertiary/aromatic N) is 2. The highest BCUT2D eigenvalue weighted by Crippen LogP contribution is 2.27. The third-order valence-corrected chi connectivity index (χ3v) is 5.40. The molecule has 0 radical (unpaired) electrons. The fourth-order valence-corrected chi connectivity index (χ4v) is 3.85. The molecule has 2 aromatic carbocycles. The van der Waals surface area contributed by atoms with Crippen LogP contribution in [0.25, 0.3) is 21.8 Å². The molecule has 0 unspecified atom stereocenters. The van der Waals surface area contributed by atoms with E-state index in [-0.39, 0.29) is 17.0 Å². The van der Waals surface area contributed by atoms with Gasteiger partial charge in [0.2, 0.25) is 0 Å². The number of aromatic hydroxyl groups is 2. The maximum Gasteiger partial charge on any atom is 0.280 e. The average molecular weight is 446 g/mol. The van der Waals surface area contributed by atoms with E-state index in [1.54, 1.807) is 48.5 Å². The van der Waals surface area contributed by atoms with Crippen LogP contribution in [0.5, 0.6) is 11.5 Å². The van der Waals surface area contributed by atoms with Gasteiger partial charge >= 0.3 is 0 Å². The minimum atomic E-state index is -0.927. The summed E-state index contributed by atoms with van der Waals surface area (Å²) in [7, 11) is 0. The van der Waals surface area contributed by atoms with Crippen molar-refractivity contribution < 1.29 is 15.0 Å². The van der Waals surface area contributed by atoms with E-state index in [2.05, 4.69) is 15.5 Å². The Morgan fingerprint density at radius 2 is 1.64 bits per heavy atom. The van der Waals surface area contributed by atoms with Crippen LogP contribution in [0.1, 0.15) is 36.2 Å². The van der Waals surface area contributed by atoms with E-state index in [1.165, 1.54) is 11.5 Å². The van der Waals surface area contributed by atoms with Crippen molar-refractivity contribution >= 4 is 33.4 Å². The normalized spacial score (nSPS) is 11.8. The highest BCUT2D eigenvalue weighted by molar-refractivity contribution is 6.07. The van der Waals surface area contributed by atoms with Crippen molar-refractivity contribution in [1.29, 1.82) is 0 Å². The Labute approximate surface area is 187 Å². The predicted octanol–water partition coefficient (Wildman–Crippen LogP) is 2.82. The molecule has 9 nitrogen and oxygen atoms in total. The lowest BCUT2D eigenvalue weighted by Gasteiger charge is -2.13. The fourth-order valence-electron chi connectivity index (χ4n) is 3.85. The summed E-state index contributed by atoms with van der Waals surface area (Å²) in [6.07, 6.45) is 0.650. The fraction of sp³-hybridized carbons (Fsp3) is 0.167. The molecule has 0 aliphatic carbocycles. The van der Waals surface area contributed by atoms with E-state index in [0.717, 1.165) is 0 Å².